The minimum atomic E-state index is 0.0537. The average molecular weight is 231 g/mol. The standard InChI is InChI=1S/C9H11BrO2/c1-12-9-4-2-3-7(6-11)8(9)5-10/h2-4,11H,5-6H2,1H3. The van der Waals surface area contributed by atoms with Crippen molar-refractivity contribution < 1.29 is 9.84 Å². The first kappa shape index (κ1) is 9.55. The van der Waals surface area contributed by atoms with E-state index in [1.165, 1.54) is 0 Å². The molecule has 0 fully saturated rings. The summed E-state index contributed by atoms with van der Waals surface area (Å²) < 4.78 is 5.14. The predicted molar refractivity (Wildman–Crippen MR) is 51.5 cm³/mol. The summed E-state index contributed by atoms with van der Waals surface area (Å²) in [6.07, 6.45) is 0. The van der Waals surface area contributed by atoms with Crippen molar-refractivity contribution in [2.45, 2.75) is 11.9 Å². The molecule has 66 valence electrons. The number of halogens is 1. The van der Waals surface area contributed by atoms with Crippen LogP contribution in [0.1, 0.15) is 11.1 Å². The molecule has 0 aliphatic heterocycles. The van der Waals surface area contributed by atoms with Gasteiger partial charge < -0.3 is 9.84 Å². The molecule has 2 nitrogen and oxygen atoms in total. The molecule has 0 radical (unpaired) electrons. The summed E-state index contributed by atoms with van der Waals surface area (Å²) >= 11 is 3.35. The minimum Gasteiger partial charge on any atom is -0.496 e. The number of hydrogen-bond donors (Lipinski definition) is 1. The van der Waals surface area contributed by atoms with Crippen molar-refractivity contribution >= 4 is 15.9 Å². The quantitative estimate of drug-likeness (QED) is 0.807. The first-order valence-electron chi connectivity index (χ1n) is 3.65. The second kappa shape index (κ2) is 4.48. The maximum Gasteiger partial charge on any atom is 0.123 e. The molecular weight excluding hydrogens is 220 g/mol. The molecule has 0 unspecified atom stereocenters. The second-order valence-corrected chi connectivity index (χ2v) is 2.95. The molecule has 3 heteroatoms. The summed E-state index contributed by atoms with van der Waals surface area (Å²) in [5.74, 6) is 0.818. The third kappa shape index (κ3) is 1.79. The Balaban J connectivity index is 3.13. The Bertz CT molecular complexity index is 238. The fourth-order valence-electron chi connectivity index (χ4n) is 1.10. The molecular formula is C9H11BrO2. The smallest absolute Gasteiger partial charge is 0.123 e. The van der Waals surface area contributed by atoms with Gasteiger partial charge in [0.25, 0.3) is 0 Å². The second-order valence-electron chi connectivity index (χ2n) is 2.39. The van der Waals surface area contributed by atoms with Crippen molar-refractivity contribution in [3.8, 4) is 5.75 Å². The predicted octanol–water partition coefficient (Wildman–Crippen LogP) is 2.08. The molecule has 0 heterocycles. The summed E-state index contributed by atoms with van der Waals surface area (Å²) in [5, 5.41) is 9.69. The van der Waals surface area contributed by atoms with E-state index < -0.39 is 0 Å². The van der Waals surface area contributed by atoms with Gasteiger partial charge in [-0.1, -0.05) is 28.1 Å². The molecule has 0 saturated carbocycles. The van der Waals surface area contributed by atoms with E-state index in [0.717, 1.165) is 16.9 Å². The monoisotopic (exact) mass is 230 g/mol. The van der Waals surface area contributed by atoms with Crippen LogP contribution in [0.25, 0.3) is 0 Å². The van der Waals surface area contributed by atoms with Crippen LogP contribution in [0.4, 0.5) is 0 Å². The highest BCUT2D eigenvalue weighted by molar-refractivity contribution is 9.08. The largest absolute Gasteiger partial charge is 0.496 e. The van der Waals surface area contributed by atoms with E-state index in [0.29, 0.717) is 5.33 Å². The van der Waals surface area contributed by atoms with Crippen LogP contribution in [0.15, 0.2) is 18.2 Å². The maximum atomic E-state index is 8.99. The fraction of sp³-hybridized carbons (Fsp3) is 0.333. The molecule has 0 spiro atoms. The lowest BCUT2D eigenvalue weighted by Gasteiger charge is -2.09. The van der Waals surface area contributed by atoms with E-state index in [4.69, 9.17) is 9.84 Å². The van der Waals surface area contributed by atoms with Crippen LogP contribution in [-0.4, -0.2) is 12.2 Å². The van der Waals surface area contributed by atoms with Crippen LogP contribution in [-0.2, 0) is 11.9 Å². The van der Waals surface area contributed by atoms with Crippen molar-refractivity contribution in [2.75, 3.05) is 7.11 Å². The number of alkyl halides is 1. The number of aliphatic hydroxyl groups is 1. The summed E-state index contributed by atoms with van der Waals surface area (Å²) in [5.41, 5.74) is 1.92. The summed E-state index contributed by atoms with van der Waals surface area (Å²) in [6.45, 7) is 0.0537. The third-order valence-corrected chi connectivity index (χ3v) is 2.31. The van der Waals surface area contributed by atoms with Gasteiger partial charge in [0.15, 0.2) is 0 Å². The van der Waals surface area contributed by atoms with E-state index in [2.05, 4.69) is 15.9 Å². The molecule has 1 rings (SSSR count). The Hall–Kier alpha value is -0.540. The Morgan fingerprint density at radius 1 is 1.50 bits per heavy atom. The highest BCUT2D eigenvalue weighted by Gasteiger charge is 2.05. The Morgan fingerprint density at radius 2 is 2.25 bits per heavy atom. The van der Waals surface area contributed by atoms with E-state index in [9.17, 15) is 0 Å². The van der Waals surface area contributed by atoms with Crippen LogP contribution < -0.4 is 4.74 Å². The highest BCUT2D eigenvalue weighted by atomic mass is 79.9. The van der Waals surface area contributed by atoms with E-state index in [1.807, 2.05) is 18.2 Å². The first-order chi connectivity index (χ1) is 5.83. The zero-order valence-corrected chi connectivity index (χ0v) is 8.47. The molecule has 0 aliphatic rings. The van der Waals surface area contributed by atoms with Crippen molar-refractivity contribution in [2.24, 2.45) is 0 Å². The van der Waals surface area contributed by atoms with Crippen LogP contribution >= 0.6 is 15.9 Å². The van der Waals surface area contributed by atoms with E-state index >= 15 is 0 Å². The lowest BCUT2D eigenvalue weighted by Crippen LogP contribution is -1.95. The summed E-state index contributed by atoms with van der Waals surface area (Å²) in [6, 6.07) is 5.64. The van der Waals surface area contributed by atoms with Crippen molar-refractivity contribution in [1.29, 1.82) is 0 Å². The van der Waals surface area contributed by atoms with Gasteiger partial charge >= 0.3 is 0 Å². The summed E-state index contributed by atoms with van der Waals surface area (Å²) in [4.78, 5) is 0. The molecule has 12 heavy (non-hydrogen) atoms. The molecule has 1 aromatic carbocycles. The number of ether oxygens (including phenoxy) is 1. The number of hydrogen-bond acceptors (Lipinski definition) is 2. The van der Waals surface area contributed by atoms with Gasteiger partial charge in [-0.25, -0.2) is 0 Å². The topological polar surface area (TPSA) is 29.5 Å². The van der Waals surface area contributed by atoms with E-state index in [1.54, 1.807) is 7.11 Å². The molecule has 1 aromatic rings. The van der Waals surface area contributed by atoms with Gasteiger partial charge in [0, 0.05) is 10.9 Å². The van der Waals surface area contributed by atoms with Crippen molar-refractivity contribution in [3.05, 3.63) is 29.3 Å². The van der Waals surface area contributed by atoms with Crippen LogP contribution in [0.2, 0.25) is 0 Å². The van der Waals surface area contributed by atoms with Crippen molar-refractivity contribution in [1.82, 2.24) is 0 Å². The summed E-state index contributed by atoms with van der Waals surface area (Å²) in [7, 11) is 1.63. The van der Waals surface area contributed by atoms with Gasteiger partial charge in [-0.2, -0.15) is 0 Å². The van der Waals surface area contributed by atoms with Crippen LogP contribution in [0.5, 0.6) is 5.75 Å². The van der Waals surface area contributed by atoms with Gasteiger partial charge in [-0.15, -0.1) is 0 Å². The van der Waals surface area contributed by atoms with Crippen molar-refractivity contribution in [3.63, 3.8) is 0 Å². The number of aliphatic hydroxyl groups excluding tert-OH is 1. The third-order valence-electron chi connectivity index (χ3n) is 1.75. The molecule has 0 aromatic heterocycles. The van der Waals surface area contributed by atoms with E-state index in [-0.39, 0.29) is 6.61 Å². The van der Waals surface area contributed by atoms with Gasteiger partial charge in [-0.05, 0) is 11.6 Å². The molecule has 0 aliphatic carbocycles. The Kier molecular flexibility index (Phi) is 3.56. The van der Waals surface area contributed by atoms with Gasteiger partial charge in [-0.3, -0.25) is 0 Å². The molecule has 0 bridgehead atoms. The highest BCUT2D eigenvalue weighted by Crippen LogP contribution is 2.24. The van der Waals surface area contributed by atoms with Gasteiger partial charge in [0.2, 0.25) is 0 Å². The normalized spacial score (nSPS) is 9.92. The number of methoxy groups -OCH3 is 1. The fourth-order valence-corrected chi connectivity index (χ4v) is 1.74. The SMILES string of the molecule is COc1cccc(CO)c1CBr. The zero-order chi connectivity index (χ0) is 8.97. The molecule has 0 amide bonds. The lowest BCUT2D eigenvalue weighted by molar-refractivity contribution is 0.280. The van der Waals surface area contributed by atoms with Crippen LogP contribution in [0.3, 0.4) is 0 Å². The van der Waals surface area contributed by atoms with Gasteiger partial charge in [0.05, 0.1) is 13.7 Å². The first-order valence-corrected chi connectivity index (χ1v) is 4.77. The van der Waals surface area contributed by atoms with Gasteiger partial charge in [0.1, 0.15) is 5.75 Å². The van der Waals surface area contributed by atoms with Crippen LogP contribution in [0, 0.1) is 0 Å². The molecule has 1 N–H and O–H groups in total. The zero-order valence-electron chi connectivity index (χ0n) is 6.88. The minimum absolute atomic E-state index is 0.0537. The molecule has 0 atom stereocenters. The average Bonchev–Trinajstić information content (AvgIpc) is 2.16. The number of benzene rings is 1. The Labute approximate surface area is 80.3 Å². The lowest BCUT2D eigenvalue weighted by atomic mass is 10.1. The Morgan fingerprint density at radius 3 is 2.75 bits per heavy atom. The maximum absolute atomic E-state index is 8.99. The molecule has 0 saturated heterocycles. The number of rotatable bonds is 3.